The molecule has 1 aromatic heterocycles. The number of hydrogen-bond acceptors (Lipinski definition) is 5. The second kappa shape index (κ2) is 9.03. The minimum Gasteiger partial charge on any atom is -0.444 e. The van der Waals surface area contributed by atoms with Crippen molar-refractivity contribution in [1.29, 1.82) is 0 Å². The molecule has 0 aliphatic carbocycles. The van der Waals surface area contributed by atoms with Gasteiger partial charge in [-0.15, -0.1) is 0 Å². The zero-order chi connectivity index (χ0) is 17.5. The topological polar surface area (TPSA) is 74.9 Å². The van der Waals surface area contributed by atoms with E-state index in [1.165, 1.54) is 0 Å². The van der Waals surface area contributed by atoms with Crippen LogP contribution in [0, 0.1) is 19.8 Å². The third-order valence-electron chi connectivity index (χ3n) is 4.05. The number of aliphatic imine (C=N–C) groups is 1. The smallest absolute Gasteiger partial charge is 0.214 e. The molecule has 0 bridgehead atoms. The van der Waals surface area contributed by atoms with Crippen molar-refractivity contribution >= 4 is 5.96 Å². The first-order valence-corrected chi connectivity index (χ1v) is 8.69. The number of nitrogens with zero attached hydrogens (tertiary/aromatic N) is 3. The molecule has 0 radical (unpaired) electrons. The fraction of sp³-hybridized carbons (Fsp3) is 0.765. The number of oxazole rings is 1. The zero-order valence-corrected chi connectivity index (χ0v) is 15.6. The van der Waals surface area contributed by atoms with Crippen LogP contribution in [0.4, 0.5) is 0 Å². The van der Waals surface area contributed by atoms with Gasteiger partial charge in [0.15, 0.2) is 5.96 Å². The lowest BCUT2D eigenvalue weighted by molar-refractivity contribution is -0.0284. The van der Waals surface area contributed by atoms with Crippen LogP contribution in [-0.2, 0) is 11.3 Å². The van der Waals surface area contributed by atoms with Gasteiger partial charge in [0.2, 0.25) is 5.89 Å². The minimum atomic E-state index is 0.183. The van der Waals surface area contributed by atoms with Crippen molar-refractivity contribution in [2.24, 2.45) is 10.9 Å². The molecular formula is C17H31N5O2. The third kappa shape index (κ3) is 5.79. The number of rotatable bonds is 6. The van der Waals surface area contributed by atoms with E-state index in [4.69, 9.17) is 9.15 Å². The molecule has 7 nitrogen and oxygen atoms in total. The number of ether oxygens (including phenoxy) is 1. The second-order valence-corrected chi connectivity index (χ2v) is 6.70. The second-order valence-electron chi connectivity index (χ2n) is 6.70. The van der Waals surface area contributed by atoms with Crippen LogP contribution in [0.5, 0.6) is 0 Å². The highest BCUT2D eigenvalue weighted by Crippen LogP contribution is 2.08. The molecule has 1 aromatic rings. The third-order valence-corrected chi connectivity index (χ3v) is 4.05. The van der Waals surface area contributed by atoms with Crippen molar-refractivity contribution in [3.63, 3.8) is 0 Å². The Morgan fingerprint density at radius 3 is 2.79 bits per heavy atom. The fourth-order valence-electron chi connectivity index (χ4n) is 2.79. The molecule has 136 valence electrons. The van der Waals surface area contributed by atoms with E-state index in [9.17, 15) is 0 Å². The number of aromatic nitrogens is 1. The Balaban J connectivity index is 1.74. The van der Waals surface area contributed by atoms with Crippen LogP contribution < -0.4 is 10.6 Å². The number of hydrogen-bond donors (Lipinski definition) is 2. The molecule has 2 heterocycles. The van der Waals surface area contributed by atoms with Crippen molar-refractivity contribution in [2.75, 3.05) is 39.8 Å². The van der Waals surface area contributed by atoms with Crippen LogP contribution in [0.15, 0.2) is 9.41 Å². The van der Waals surface area contributed by atoms with Crippen LogP contribution in [0.25, 0.3) is 0 Å². The number of nitrogens with one attached hydrogen (secondary N) is 2. The monoisotopic (exact) mass is 337 g/mol. The lowest BCUT2D eigenvalue weighted by atomic mass is 10.2. The van der Waals surface area contributed by atoms with E-state index in [2.05, 4.69) is 39.4 Å². The summed E-state index contributed by atoms with van der Waals surface area (Å²) in [5.41, 5.74) is 0.926. The molecule has 0 spiro atoms. The van der Waals surface area contributed by atoms with Crippen molar-refractivity contribution in [2.45, 2.75) is 40.3 Å². The number of morpholine rings is 1. The Hall–Kier alpha value is -1.60. The molecule has 2 N–H and O–H groups in total. The lowest BCUT2D eigenvalue weighted by Gasteiger charge is -2.34. The molecular weight excluding hydrogens is 306 g/mol. The van der Waals surface area contributed by atoms with Gasteiger partial charge in [0, 0.05) is 33.2 Å². The maximum absolute atomic E-state index is 5.85. The highest BCUT2D eigenvalue weighted by molar-refractivity contribution is 5.79. The average molecular weight is 337 g/mol. The summed E-state index contributed by atoms with van der Waals surface area (Å²) in [6, 6.07) is 0. The highest BCUT2D eigenvalue weighted by Gasteiger charge is 2.21. The van der Waals surface area contributed by atoms with Gasteiger partial charge >= 0.3 is 0 Å². The molecule has 1 unspecified atom stereocenters. The Morgan fingerprint density at radius 2 is 2.17 bits per heavy atom. The molecule has 1 aliphatic rings. The standard InChI is InChI=1S/C17H31N5O2/c1-12(2)10-22-6-7-23-15(11-22)8-19-17(18-5)20-9-16-21-13(3)14(4)24-16/h12,15H,6-11H2,1-5H3,(H2,18,19,20). The fourth-order valence-corrected chi connectivity index (χ4v) is 2.79. The zero-order valence-electron chi connectivity index (χ0n) is 15.6. The van der Waals surface area contributed by atoms with E-state index in [0.717, 1.165) is 50.2 Å². The van der Waals surface area contributed by atoms with Crippen LogP contribution in [-0.4, -0.2) is 61.8 Å². The Bertz CT molecular complexity index is 522. The summed E-state index contributed by atoms with van der Waals surface area (Å²) in [6.45, 7) is 13.5. The van der Waals surface area contributed by atoms with Gasteiger partial charge < -0.3 is 19.8 Å². The SMILES string of the molecule is CN=C(NCc1nc(C)c(C)o1)NCC1CN(CC(C)C)CCO1. The van der Waals surface area contributed by atoms with Crippen molar-refractivity contribution in [3.8, 4) is 0 Å². The predicted octanol–water partition coefficient (Wildman–Crippen LogP) is 1.31. The summed E-state index contributed by atoms with van der Waals surface area (Å²) >= 11 is 0. The maximum Gasteiger partial charge on any atom is 0.214 e. The van der Waals surface area contributed by atoms with Gasteiger partial charge in [-0.3, -0.25) is 9.89 Å². The summed E-state index contributed by atoms with van der Waals surface area (Å²) in [5.74, 6) is 2.94. The van der Waals surface area contributed by atoms with Gasteiger partial charge in [0.25, 0.3) is 0 Å². The lowest BCUT2D eigenvalue weighted by Crippen LogP contribution is -2.50. The normalized spacial score (nSPS) is 19.8. The quantitative estimate of drug-likeness (QED) is 0.602. The van der Waals surface area contributed by atoms with Gasteiger partial charge in [-0.1, -0.05) is 13.8 Å². The first-order valence-electron chi connectivity index (χ1n) is 8.69. The Labute approximate surface area is 144 Å². The highest BCUT2D eigenvalue weighted by atomic mass is 16.5. The van der Waals surface area contributed by atoms with E-state index >= 15 is 0 Å². The van der Waals surface area contributed by atoms with E-state index in [-0.39, 0.29) is 6.10 Å². The molecule has 1 fully saturated rings. The van der Waals surface area contributed by atoms with Crippen molar-refractivity contribution < 1.29 is 9.15 Å². The summed E-state index contributed by atoms with van der Waals surface area (Å²) in [4.78, 5) is 11.1. The molecule has 2 rings (SSSR count). The molecule has 0 amide bonds. The van der Waals surface area contributed by atoms with Crippen molar-refractivity contribution in [1.82, 2.24) is 20.5 Å². The van der Waals surface area contributed by atoms with Gasteiger partial charge in [0.1, 0.15) is 5.76 Å². The van der Waals surface area contributed by atoms with E-state index in [1.54, 1.807) is 7.05 Å². The van der Waals surface area contributed by atoms with Crippen LogP contribution >= 0.6 is 0 Å². The van der Waals surface area contributed by atoms with Crippen molar-refractivity contribution in [3.05, 3.63) is 17.3 Å². The molecule has 7 heteroatoms. The van der Waals surface area contributed by atoms with Gasteiger partial charge in [-0.25, -0.2) is 4.98 Å². The summed E-state index contributed by atoms with van der Waals surface area (Å²) in [5, 5.41) is 6.55. The molecule has 1 atom stereocenters. The Kier molecular flexibility index (Phi) is 7.05. The molecule has 0 aromatic carbocycles. The van der Waals surface area contributed by atoms with Gasteiger partial charge in [-0.2, -0.15) is 0 Å². The molecule has 24 heavy (non-hydrogen) atoms. The summed E-state index contributed by atoms with van der Waals surface area (Å²) in [6.07, 6.45) is 0.183. The first kappa shape index (κ1) is 18.7. The van der Waals surface area contributed by atoms with E-state index in [1.807, 2.05) is 13.8 Å². The molecule has 0 saturated carbocycles. The van der Waals surface area contributed by atoms with Crippen LogP contribution in [0.2, 0.25) is 0 Å². The van der Waals surface area contributed by atoms with E-state index in [0.29, 0.717) is 18.4 Å². The summed E-state index contributed by atoms with van der Waals surface area (Å²) < 4.78 is 11.4. The molecule has 1 saturated heterocycles. The van der Waals surface area contributed by atoms with Gasteiger partial charge in [-0.05, 0) is 19.8 Å². The van der Waals surface area contributed by atoms with Crippen LogP contribution in [0.3, 0.4) is 0 Å². The molecule has 1 aliphatic heterocycles. The maximum atomic E-state index is 5.85. The first-order chi connectivity index (χ1) is 11.5. The van der Waals surface area contributed by atoms with Gasteiger partial charge in [0.05, 0.1) is 24.9 Å². The largest absolute Gasteiger partial charge is 0.444 e. The number of aryl methyl sites for hydroxylation is 2. The average Bonchev–Trinajstić information content (AvgIpc) is 2.85. The Morgan fingerprint density at radius 1 is 1.38 bits per heavy atom. The minimum absolute atomic E-state index is 0.183. The predicted molar refractivity (Wildman–Crippen MR) is 95.2 cm³/mol. The van der Waals surface area contributed by atoms with Crippen LogP contribution in [0.1, 0.15) is 31.2 Å². The summed E-state index contributed by atoms with van der Waals surface area (Å²) in [7, 11) is 1.76. The number of guanidine groups is 1. The van der Waals surface area contributed by atoms with E-state index < -0.39 is 0 Å².